The van der Waals surface area contributed by atoms with Gasteiger partial charge in [-0.1, -0.05) is 0 Å². The van der Waals surface area contributed by atoms with Crippen LogP contribution in [-0.4, -0.2) is 6.16 Å². The van der Waals surface area contributed by atoms with Gasteiger partial charge in [-0.05, 0) is 6.16 Å². The Morgan fingerprint density at radius 3 is 1.40 bits per heavy atom. The first kappa shape index (κ1) is 8.89. The van der Waals surface area contributed by atoms with Gasteiger partial charge in [-0.2, -0.15) is 0 Å². The summed E-state index contributed by atoms with van der Waals surface area (Å²) in [6.45, 7) is 0. The minimum absolute atomic E-state index is 0. The molecule has 0 spiro atoms. The number of rotatable bonds is 0. The summed E-state index contributed by atoms with van der Waals surface area (Å²) in [5.74, 6) is 0. The Morgan fingerprint density at radius 2 is 1.40 bits per heavy atom. The van der Waals surface area contributed by atoms with Crippen molar-refractivity contribution in [3.05, 3.63) is 0 Å². The monoisotopic (exact) mass is 241 g/mol. The van der Waals surface area contributed by atoms with Crippen molar-refractivity contribution < 1.29 is 37.4 Å². The van der Waals surface area contributed by atoms with Gasteiger partial charge in [-0.25, -0.2) is 0 Å². The Morgan fingerprint density at radius 1 is 1.40 bits per heavy atom. The summed E-state index contributed by atoms with van der Waals surface area (Å²) in [7, 11) is 0. The van der Waals surface area contributed by atoms with E-state index in [-0.39, 0.29) is 22.4 Å². The maximum Gasteiger partial charge on any atom is 2.00 e. The van der Waals surface area contributed by atoms with Gasteiger partial charge in [0.1, 0.15) is 0 Å². The second-order valence-corrected chi connectivity index (χ2v) is 0.250. The minimum Gasteiger partial charge on any atom is -0.652 e. The molecule has 1 radical (unpaired) electrons. The van der Waals surface area contributed by atoms with Crippen LogP contribution in [0, 0.1) is 0 Å². The number of hydrogen-bond donors (Lipinski definition) is 0. The van der Waals surface area contributed by atoms with Crippen molar-refractivity contribution >= 4 is 6.16 Å². The topological polar surface area (TPSA) is 63.2 Å². The molecule has 0 saturated carbocycles. The van der Waals surface area contributed by atoms with E-state index in [0.717, 1.165) is 0 Å². The first-order chi connectivity index (χ1) is 1.73. The van der Waals surface area contributed by atoms with Crippen molar-refractivity contribution in [2.24, 2.45) is 0 Å². The Bertz CT molecular complexity index is 29.9. The van der Waals surface area contributed by atoms with E-state index in [0.29, 0.717) is 0 Å². The molecule has 0 aromatic heterocycles. The molecule has 5 heavy (non-hydrogen) atoms. The number of carboxylic acid groups (broad SMARTS) is 2. The maximum absolute atomic E-state index is 8.33. The quantitative estimate of drug-likeness (QED) is 0.473. The standard InChI is InChI=1S/CH2O3.Ta/c2-1(3)4;/h(H2,2,3,4);/q;+2/p-2. The molecule has 0 rings (SSSR count). The van der Waals surface area contributed by atoms with Gasteiger partial charge in [0, 0.05) is 0 Å². The molecule has 0 N–H and O–H groups in total. The second-order valence-electron chi connectivity index (χ2n) is 0.250. The SMILES string of the molecule is O=C([O-])[O-].[Ta+2]. The molecule has 0 amide bonds. The van der Waals surface area contributed by atoms with Crippen LogP contribution in [0.4, 0.5) is 4.79 Å². The van der Waals surface area contributed by atoms with Gasteiger partial charge >= 0.3 is 22.4 Å². The Labute approximate surface area is 44.1 Å². The van der Waals surface area contributed by atoms with Crippen LogP contribution in [0.2, 0.25) is 0 Å². The summed E-state index contributed by atoms with van der Waals surface area (Å²) in [5, 5.41) is 16.7. The fourth-order valence-corrected chi connectivity index (χ4v) is 0. The molecule has 0 atom stereocenters. The number of hydrogen-bond acceptors (Lipinski definition) is 3. The first-order valence-electron chi connectivity index (χ1n) is 0.612. The zero-order valence-electron chi connectivity index (χ0n) is 2.17. The fraction of sp³-hybridized carbons (Fsp3) is 0. The van der Waals surface area contributed by atoms with E-state index in [2.05, 4.69) is 0 Å². The molecule has 0 saturated heterocycles. The third-order valence-corrected chi connectivity index (χ3v) is 0. The van der Waals surface area contributed by atoms with Crippen LogP contribution in [0.5, 0.6) is 0 Å². The molecule has 0 aromatic carbocycles. The average molecular weight is 241 g/mol. The number of carbonyl (C=O) groups is 1. The summed E-state index contributed by atoms with van der Waals surface area (Å²) < 4.78 is 0. The molecule has 0 bridgehead atoms. The van der Waals surface area contributed by atoms with Crippen LogP contribution in [0.3, 0.4) is 0 Å². The molecule has 0 fully saturated rings. The summed E-state index contributed by atoms with van der Waals surface area (Å²) in [6.07, 6.45) is -2.33. The van der Waals surface area contributed by atoms with Crippen molar-refractivity contribution in [3.8, 4) is 0 Å². The van der Waals surface area contributed by atoms with Crippen molar-refractivity contribution in [3.63, 3.8) is 0 Å². The van der Waals surface area contributed by atoms with Gasteiger partial charge < -0.3 is 15.0 Å². The van der Waals surface area contributed by atoms with Crippen LogP contribution >= 0.6 is 0 Å². The molecule has 0 aliphatic rings. The van der Waals surface area contributed by atoms with Crippen molar-refractivity contribution in [2.75, 3.05) is 0 Å². The summed E-state index contributed by atoms with van der Waals surface area (Å²) in [6, 6.07) is 0. The van der Waals surface area contributed by atoms with Crippen molar-refractivity contribution in [1.29, 1.82) is 0 Å². The van der Waals surface area contributed by atoms with Crippen LogP contribution in [0.25, 0.3) is 0 Å². The molecule has 3 nitrogen and oxygen atoms in total. The molecule has 0 heterocycles. The van der Waals surface area contributed by atoms with E-state index in [1.54, 1.807) is 0 Å². The van der Waals surface area contributed by atoms with E-state index < -0.39 is 6.16 Å². The summed E-state index contributed by atoms with van der Waals surface area (Å²) in [5.41, 5.74) is 0. The smallest absolute Gasteiger partial charge is 0.652 e. The maximum atomic E-state index is 8.33. The van der Waals surface area contributed by atoms with E-state index in [1.165, 1.54) is 0 Å². The van der Waals surface area contributed by atoms with Crippen LogP contribution in [0.1, 0.15) is 0 Å². The predicted octanol–water partition coefficient (Wildman–Crippen LogP) is -2.45. The zero-order chi connectivity index (χ0) is 3.58. The zero-order valence-corrected chi connectivity index (χ0v) is 5.39. The van der Waals surface area contributed by atoms with Gasteiger partial charge in [-0.15, -0.1) is 0 Å². The van der Waals surface area contributed by atoms with Gasteiger partial charge in [0.25, 0.3) is 0 Å². The molecule has 4 heteroatoms. The molecule has 27 valence electrons. The molecular formula is CO3Ta. The van der Waals surface area contributed by atoms with E-state index in [9.17, 15) is 0 Å². The van der Waals surface area contributed by atoms with Crippen molar-refractivity contribution in [2.45, 2.75) is 0 Å². The van der Waals surface area contributed by atoms with Crippen LogP contribution in [-0.2, 0) is 22.4 Å². The summed E-state index contributed by atoms with van der Waals surface area (Å²) in [4.78, 5) is 8.33. The Hall–Kier alpha value is 0.0103. The van der Waals surface area contributed by atoms with E-state index in [1.807, 2.05) is 0 Å². The van der Waals surface area contributed by atoms with Gasteiger partial charge in [0.15, 0.2) is 0 Å². The molecule has 0 unspecified atom stereocenters. The normalized spacial score (nSPS) is 4.80. The Balaban J connectivity index is 0. The van der Waals surface area contributed by atoms with E-state index in [4.69, 9.17) is 15.0 Å². The molecule has 0 aromatic rings. The van der Waals surface area contributed by atoms with Gasteiger partial charge in [0.2, 0.25) is 0 Å². The minimum atomic E-state index is -2.33. The van der Waals surface area contributed by atoms with Gasteiger partial charge in [0.05, 0.1) is 0 Å². The second kappa shape index (κ2) is 4.01. The van der Waals surface area contributed by atoms with Gasteiger partial charge in [-0.3, -0.25) is 0 Å². The molecular weight excluding hydrogens is 241 g/mol. The van der Waals surface area contributed by atoms with E-state index >= 15 is 0 Å². The molecule has 0 aliphatic carbocycles. The largest absolute Gasteiger partial charge is 2.00 e. The third-order valence-electron chi connectivity index (χ3n) is 0. The fourth-order valence-electron chi connectivity index (χ4n) is 0. The average Bonchev–Trinajstić information content (AvgIpc) is 0.811. The number of carbonyl (C=O) groups excluding carboxylic acids is 1. The third kappa shape index (κ3) is 154000. The predicted molar refractivity (Wildman–Crippen MR) is 5.40 cm³/mol. The first-order valence-corrected chi connectivity index (χ1v) is 0.612. The van der Waals surface area contributed by atoms with Crippen molar-refractivity contribution in [1.82, 2.24) is 0 Å². The van der Waals surface area contributed by atoms with Crippen LogP contribution in [0.15, 0.2) is 0 Å². The summed E-state index contributed by atoms with van der Waals surface area (Å²) >= 11 is 0. The Kier molecular flexibility index (Phi) is 7.13. The molecule has 0 aliphatic heterocycles. The van der Waals surface area contributed by atoms with Crippen LogP contribution < -0.4 is 10.2 Å².